The van der Waals surface area contributed by atoms with Crippen LogP contribution in [0.3, 0.4) is 0 Å². The summed E-state index contributed by atoms with van der Waals surface area (Å²) in [6.07, 6.45) is 1.08. The molecule has 0 spiro atoms. The third kappa shape index (κ3) is 3.07. The van der Waals surface area contributed by atoms with Crippen LogP contribution in [0.2, 0.25) is 0 Å². The number of aryl methyl sites for hydroxylation is 3. The van der Waals surface area contributed by atoms with E-state index >= 15 is 0 Å². The molecule has 0 aromatic heterocycles. The van der Waals surface area contributed by atoms with E-state index in [2.05, 4.69) is 52.1 Å². The maximum absolute atomic E-state index is 3.35. The minimum Gasteiger partial charge on any atom is -0.314 e. The first-order valence-corrected chi connectivity index (χ1v) is 5.61. The van der Waals surface area contributed by atoms with Crippen LogP contribution < -0.4 is 5.32 Å². The second kappa shape index (κ2) is 4.36. The molecule has 0 aliphatic heterocycles. The molecule has 1 aromatic carbocycles. The molecule has 0 aliphatic rings. The zero-order chi connectivity index (χ0) is 11.6. The Morgan fingerprint density at radius 2 is 1.53 bits per heavy atom. The third-order valence-electron chi connectivity index (χ3n) is 3.26. The van der Waals surface area contributed by atoms with Crippen molar-refractivity contribution in [3.8, 4) is 0 Å². The molecule has 0 unspecified atom stereocenters. The monoisotopic (exact) mass is 205 g/mol. The van der Waals surface area contributed by atoms with Gasteiger partial charge in [-0.15, -0.1) is 0 Å². The molecule has 0 radical (unpaired) electrons. The number of hydrogen-bond donors (Lipinski definition) is 1. The summed E-state index contributed by atoms with van der Waals surface area (Å²) in [5.74, 6) is 0. The molecule has 1 nitrogen and oxygen atoms in total. The Kier molecular flexibility index (Phi) is 3.56. The van der Waals surface area contributed by atoms with Gasteiger partial charge in [0.2, 0.25) is 0 Å². The van der Waals surface area contributed by atoms with Gasteiger partial charge >= 0.3 is 0 Å². The van der Waals surface area contributed by atoms with Gasteiger partial charge in [0.15, 0.2) is 0 Å². The van der Waals surface area contributed by atoms with E-state index in [1.165, 1.54) is 22.3 Å². The van der Waals surface area contributed by atoms with Crippen molar-refractivity contribution >= 4 is 0 Å². The van der Waals surface area contributed by atoms with Gasteiger partial charge in [-0.25, -0.2) is 0 Å². The van der Waals surface area contributed by atoms with Crippen LogP contribution in [0.25, 0.3) is 0 Å². The number of hydrogen-bond acceptors (Lipinski definition) is 1. The molecule has 1 rings (SSSR count). The van der Waals surface area contributed by atoms with E-state index in [0.29, 0.717) is 0 Å². The Morgan fingerprint density at radius 3 is 2.07 bits per heavy atom. The van der Waals surface area contributed by atoms with Gasteiger partial charge in [-0.3, -0.25) is 0 Å². The Balaban J connectivity index is 3.01. The van der Waals surface area contributed by atoms with Gasteiger partial charge in [-0.05, 0) is 70.3 Å². The van der Waals surface area contributed by atoms with Crippen molar-refractivity contribution in [1.29, 1.82) is 0 Å². The number of rotatable bonds is 3. The highest BCUT2D eigenvalue weighted by Gasteiger charge is 2.16. The van der Waals surface area contributed by atoms with Crippen molar-refractivity contribution in [2.45, 2.75) is 46.6 Å². The van der Waals surface area contributed by atoms with Crippen molar-refractivity contribution < 1.29 is 0 Å². The van der Waals surface area contributed by atoms with E-state index < -0.39 is 0 Å². The van der Waals surface area contributed by atoms with E-state index in [-0.39, 0.29) is 5.54 Å². The second-order valence-corrected chi connectivity index (χ2v) is 5.17. The smallest absolute Gasteiger partial charge is 0.0162 e. The topological polar surface area (TPSA) is 12.0 Å². The summed E-state index contributed by atoms with van der Waals surface area (Å²) in [6, 6.07) is 4.61. The van der Waals surface area contributed by atoms with Crippen molar-refractivity contribution in [2.75, 3.05) is 7.05 Å². The molecule has 15 heavy (non-hydrogen) atoms. The average molecular weight is 205 g/mol. The van der Waals surface area contributed by atoms with Gasteiger partial charge in [-0.2, -0.15) is 0 Å². The molecule has 1 N–H and O–H groups in total. The number of likely N-dealkylation sites (N-methyl/N-ethyl adjacent to an activating group) is 1. The van der Waals surface area contributed by atoms with Gasteiger partial charge in [0.1, 0.15) is 0 Å². The molecule has 0 bridgehead atoms. The Hall–Kier alpha value is -0.820. The van der Waals surface area contributed by atoms with Crippen LogP contribution in [-0.4, -0.2) is 12.6 Å². The first-order valence-electron chi connectivity index (χ1n) is 5.61. The van der Waals surface area contributed by atoms with Gasteiger partial charge in [-0.1, -0.05) is 12.1 Å². The summed E-state index contributed by atoms with van der Waals surface area (Å²) >= 11 is 0. The Bertz CT molecular complexity index is 351. The minimum absolute atomic E-state index is 0.173. The van der Waals surface area contributed by atoms with Gasteiger partial charge in [0.25, 0.3) is 0 Å². The van der Waals surface area contributed by atoms with Crippen molar-refractivity contribution in [3.63, 3.8) is 0 Å². The van der Waals surface area contributed by atoms with Crippen molar-refractivity contribution in [3.05, 3.63) is 34.4 Å². The van der Waals surface area contributed by atoms with Crippen LogP contribution in [0.4, 0.5) is 0 Å². The van der Waals surface area contributed by atoms with Gasteiger partial charge < -0.3 is 5.32 Å². The van der Waals surface area contributed by atoms with Crippen LogP contribution in [0.1, 0.15) is 36.1 Å². The quantitative estimate of drug-likeness (QED) is 0.799. The highest BCUT2D eigenvalue weighted by Crippen LogP contribution is 2.20. The van der Waals surface area contributed by atoms with Crippen LogP contribution in [0.5, 0.6) is 0 Å². The number of benzene rings is 1. The molecule has 1 aromatic rings. The fourth-order valence-electron chi connectivity index (χ4n) is 1.78. The normalized spacial score (nSPS) is 11.9. The molecule has 0 saturated heterocycles. The predicted molar refractivity (Wildman–Crippen MR) is 67.5 cm³/mol. The summed E-state index contributed by atoms with van der Waals surface area (Å²) in [7, 11) is 2.02. The minimum atomic E-state index is 0.173. The Labute approximate surface area is 93.9 Å². The largest absolute Gasteiger partial charge is 0.314 e. The summed E-state index contributed by atoms with van der Waals surface area (Å²) < 4.78 is 0. The predicted octanol–water partition coefficient (Wildman–Crippen LogP) is 3.15. The highest BCUT2D eigenvalue weighted by atomic mass is 14.9. The molecule has 84 valence electrons. The van der Waals surface area contributed by atoms with Crippen molar-refractivity contribution in [1.82, 2.24) is 5.32 Å². The van der Waals surface area contributed by atoms with Crippen LogP contribution >= 0.6 is 0 Å². The molecule has 0 saturated carbocycles. The number of nitrogens with one attached hydrogen (secondary N) is 1. The maximum Gasteiger partial charge on any atom is 0.0162 e. The first-order chi connectivity index (χ1) is 6.85. The van der Waals surface area contributed by atoms with Crippen LogP contribution in [0.15, 0.2) is 12.1 Å². The summed E-state index contributed by atoms with van der Waals surface area (Å²) in [5, 5.41) is 3.35. The summed E-state index contributed by atoms with van der Waals surface area (Å²) in [4.78, 5) is 0. The molecule has 0 aliphatic carbocycles. The van der Waals surface area contributed by atoms with E-state index in [4.69, 9.17) is 0 Å². The molecular weight excluding hydrogens is 182 g/mol. The molecule has 0 fully saturated rings. The van der Waals surface area contributed by atoms with Crippen LogP contribution in [0, 0.1) is 20.8 Å². The van der Waals surface area contributed by atoms with Crippen LogP contribution in [-0.2, 0) is 6.42 Å². The highest BCUT2D eigenvalue weighted by molar-refractivity contribution is 5.37. The lowest BCUT2D eigenvalue weighted by atomic mass is 9.90. The van der Waals surface area contributed by atoms with E-state index in [1.54, 1.807) is 0 Å². The average Bonchev–Trinajstić information content (AvgIpc) is 2.14. The molecular formula is C14H23N. The van der Waals surface area contributed by atoms with Gasteiger partial charge in [0, 0.05) is 5.54 Å². The maximum atomic E-state index is 3.35. The van der Waals surface area contributed by atoms with E-state index in [9.17, 15) is 0 Å². The lowest BCUT2D eigenvalue weighted by molar-refractivity contribution is 0.421. The second-order valence-electron chi connectivity index (χ2n) is 5.17. The zero-order valence-corrected chi connectivity index (χ0v) is 10.9. The fraction of sp³-hybridized carbons (Fsp3) is 0.571. The molecule has 0 amide bonds. The fourth-order valence-corrected chi connectivity index (χ4v) is 1.78. The summed E-state index contributed by atoms with van der Waals surface area (Å²) in [5.41, 5.74) is 5.81. The molecule has 1 heteroatoms. The lowest BCUT2D eigenvalue weighted by Gasteiger charge is -2.25. The Morgan fingerprint density at radius 1 is 1.00 bits per heavy atom. The standard InChI is InChI=1S/C14H23N/c1-10-7-12(3)13(8-11(10)2)9-14(4,5)15-6/h7-8,15H,9H2,1-6H3. The first kappa shape index (κ1) is 12.3. The SMILES string of the molecule is CNC(C)(C)Cc1cc(C)c(C)cc1C. The van der Waals surface area contributed by atoms with Crippen molar-refractivity contribution in [2.24, 2.45) is 0 Å². The lowest BCUT2D eigenvalue weighted by Crippen LogP contribution is -2.38. The molecule has 0 heterocycles. The zero-order valence-electron chi connectivity index (χ0n) is 10.9. The summed E-state index contributed by atoms with van der Waals surface area (Å²) in [6.45, 7) is 11.0. The van der Waals surface area contributed by atoms with E-state index in [1.807, 2.05) is 7.05 Å². The third-order valence-corrected chi connectivity index (χ3v) is 3.26. The molecule has 0 atom stereocenters. The van der Waals surface area contributed by atoms with E-state index in [0.717, 1.165) is 6.42 Å². The van der Waals surface area contributed by atoms with Gasteiger partial charge in [0.05, 0.1) is 0 Å².